The summed E-state index contributed by atoms with van der Waals surface area (Å²) in [6.45, 7) is 1.48. The number of carboxylic acid groups (broad SMARTS) is 1. The highest BCUT2D eigenvalue weighted by molar-refractivity contribution is 5.95. The van der Waals surface area contributed by atoms with Gasteiger partial charge in [-0.25, -0.2) is 4.79 Å². The second-order valence-electron chi connectivity index (χ2n) is 6.18. The Morgan fingerprint density at radius 3 is 2.33 bits per heavy atom. The summed E-state index contributed by atoms with van der Waals surface area (Å²) < 4.78 is 0. The topological polar surface area (TPSA) is 70.5 Å². The molecule has 1 aliphatic heterocycles. The Hall–Kier alpha value is -2.69. The van der Waals surface area contributed by atoms with Gasteiger partial charge in [0.15, 0.2) is 0 Å². The van der Waals surface area contributed by atoms with Crippen molar-refractivity contribution < 1.29 is 14.7 Å². The van der Waals surface area contributed by atoms with Crippen LogP contribution in [0.4, 0.5) is 0 Å². The minimum atomic E-state index is -0.981. The summed E-state index contributed by atoms with van der Waals surface area (Å²) in [5.74, 6) is -0.426. The number of aromatic carboxylic acids is 1. The van der Waals surface area contributed by atoms with Gasteiger partial charge in [-0.05, 0) is 61.1 Å². The maximum atomic E-state index is 12.5. The Bertz CT molecular complexity index is 705. The average Bonchev–Trinajstić information content (AvgIpc) is 2.63. The number of likely N-dealkylation sites (tertiary alicyclic amines) is 1. The van der Waals surface area contributed by atoms with Crippen molar-refractivity contribution in [2.24, 2.45) is 5.92 Å². The van der Waals surface area contributed by atoms with Gasteiger partial charge in [-0.2, -0.15) is 0 Å². The molecular formula is C19H20N2O3. The number of hydrogen-bond donors (Lipinski definition) is 1. The van der Waals surface area contributed by atoms with Crippen LogP contribution in [0, 0.1) is 5.92 Å². The lowest BCUT2D eigenvalue weighted by Crippen LogP contribution is -2.38. The standard InChI is InChI=1S/C19H20N2O3/c22-18(16-3-5-17(6-4-16)19(23)24)21-10-7-14(8-11-21)12-15-2-1-9-20-13-15/h1-6,9,13-14H,7-8,10-12H2,(H,23,24). The Labute approximate surface area is 140 Å². The number of amides is 1. The van der Waals surface area contributed by atoms with Crippen LogP contribution in [0.3, 0.4) is 0 Å². The molecule has 1 fully saturated rings. The third kappa shape index (κ3) is 3.79. The number of carboxylic acids is 1. The molecule has 1 aromatic heterocycles. The number of piperidine rings is 1. The van der Waals surface area contributed by atoms with Crippen LogP contribution in [-0.4, -0.2) is 40.0 Å². The van der Waals surface area contributed by atoms with Crippen LogP contribution >= 0.6 is 0 Å². The van der Waals surface area contributed by atoms with E-state index in [1.807, 2.05) is 17.2 Å². The first-order valence-electron chi connectivity index (χ1n) is 8.15. The van der Waals surface area contributed by atoms with E-state index in [1.165, 1.54) is 17.7 Å². The van der Waals surface area contributed by atoms with Crippen molar-refractivity contribution in [1.82, 2.24) is 9.88 Å². The molecule has 0 saturated carbocycles. The number of benzene rings is 1. The lowest BCUT2D eigenvalue weighted by Gasteiger charge is -2.32. The highest BCUT2D eigenvalue weighted by atomic mass is 16.4. The van der Waals surface area contributed by atoms with Gasteiger partial charge >= 0.3 is 5.97 Å². The molecule has 0 bridgehead atoms. The average molecular weight is 324 g/mol. The Kier molecular flexibility index (Phi) is 4.89. The predicted molar refractivity (Wildman–Crippen MR) is 90.0 cm³/mol. The maximum absolute atomic E-state index is 12.5. The second-order valence-corrected chi connectivity index (χ2v) is 6.18. The van der Waals surface area contributed by atoms with Gasteiger partial charge in [-0.1, -0.05) is 6.07 Å². The maximum Gasteiger partial charge on any atom is 0.335 e. The number of carbonyl (C=O) groups is 2. The van der Waals surface area contributed by atoms with Gasteiger partial charge in [0, 0.05) is 31.0 Å². The van der Waals surface area contributed by atoms with E-state index in [2.05, 4.69) is 11.1 Å². The molecule has 1 saturated heterocycles. The van der Waals surface area contributed by atoms with Crippen LogP contribution in [0.1, 0.15) is 39.1 Å². The van der Waals surface area contributed by atoms with Crippen molar-refractivity contribution >= 4 is 11.9 Å². The molecular weight excluding hydrogens is 304 g/mol. The van der Waals surface area contributed by atoms with E-state index >= 15 is 0 Å². The Morgan fingerprint density at radius 1 is 1.08 bits per heavy atom. The molecule has 0 spiro atoms. The molecule has 0 aliphatic carbocycles. The smallest absolute Gasteiger partial charge is 0.335 e. The van der Waals surface area contributed by atoms with Crippen LogP contribution in [0.25, 0.3) is 0 Å². The van der Waals surface area contributed by atoms with Crippen molar-refractivity contribution in [1.29, 1.82) is 0 Å². The highest BCUT2D eigenvalue weighted by Crippen LogP contribution is 2.22. The van der Waals surface area contributed by atoms with E-state index < -0.39 is 5.97 Å². The zero-order chi connectivity index (χ0) is 16.9. The van der Waals surface area contributed by atoms with E-state index in [1.54, 1.807) is 18.3 Å². The molecule has 2 heterocycles. The normalized spacial score (nSPS) is 15.2. The van der Waals surface area contributed by atoms with E-state index in [0.29, 0.717) is 11.5 Å². The van der Waals surface area contributed by atoms with Gasteiger partial charge in [-0.15, -0.1) is 0 Å². The molecule has 1 N–H and O–H groups in total. The summed E-state index contributed by atoms with van der Waals surface area (Å²) >= 11 is 0. The summed E-state index contributed by atoms with van der Waals surface area (Å²) in [7, 11) is 0. The van der Waals surface area contributed by atoms with Gasteiger partial charge in [0.2, 0.25) is 0 Å². The third-order valence-corrected chi connectivity index (χ3v) is 4.53. The van der Waals surface area contributed by atoms with Crippen molar-refractivity contribution in [3.05, 3.63) is 65.5 Å². The molecule has 0 radical (unpaired) electrons. The van der Waals surface area contributed by atoms with E-state index in [0.717, 1.165) is 32.4 Å². The molecule has 3 rings (SSSR count). The number of carbonyl (C=O) groups excluding carboxylic acids is 1. The fourth-order valence-electron chi connectivity index (χ4n) is 3.13. The minimum absolute atomic E-state index is 0.0215. The van der Waals surface area contributed by atoms with Gasteiger partial charge in [-0.3, -0.25) is 9.78 Å². The zero-order valence-corrected chi connectivity index (χ0v) is 13.4. The summed E-state index contributed by atoms with van der Waals surface area (Å²) in [6, 6.07) is 10.2. The van der Waals surface area contributed by atoms with Gasteiger partial charge in [0.25, 0.3) is 5.91 Å². The molecule has 5 nitrogen and oxygen atoms in total. The Morgan fingerprint density at radius 2 is 1.75 bits per heavy atom. The number of rotatable bonds is 4. The van der Waals surface area contributed by atoms with Crippen molar-refractivity contribution in [2.75, 3.05) is 13.1 Å². The first-order valence-corrected chi connectivity index (χ1v) is 8.15. The quantitative estimate of drug-likeness (QED) is 0.939. The summed E-state index contributed by atoms with van der Waals surface area (Å²) in [6.07, 6.45) is 6.65. The monoisotopic (exact) mass is 324 g/mol. The summed E-state index contributed by atoms with van der Waals surface area (Å²) in [4.78, 5) is 29.4. The lowest BCUT2D eigenvalue weighted by atomic mass is 9.90. The van der Waals surface area contributed by atoms with E-state index in [9.17, 15) is 9.59 Å². The molecule has 124 valence electrons. The molecule has 0 unspecified atom stereocenters. The molecule has 24 heavy (non-hydrogen) atoms. The summed E-state index contributed by atoms with van der Waals surface area (Å²) in [5.41, 5.74) is 1.99. The Balaban J connectivity index is 1.56. The first kappa shape index (κ1) is 16.2. The van der Waals surface area contributed by atoms with Crippen LogP contribution in [0.15, 0.2) is 48.8 Å². The van der Waals surface area contributed by atoms with Crippen molar-refractivity contribution in [2.45, 2.75) is 19.3 Å². The number of hydrogen-bond acceptors (Lipinski definition) is 3. The van der Waals surface area contributed by atoms with Crippen LogP contribution in [0.2, 0.25) is 0 Å². The molecule has 2 aromatic rings. The molecule has 1 aliphatic rings. The second kappa shape index (κ2) is 7.25. The van der Waals surface area contributed by atoms with Crippen molar-refractivity contribution in [3.8, 4) is 0 Å². The van der Waals surface area contributed by atoms with Gasteiger partial charge < -0.3 is 10.0 Å². The number of pyridine rings is 1. The van der Waals surface area contributed by atoms with Crippen LogP contribution in [-0.2, 0) is 6.42 Å². The zero-order valence-electron chi connectivity index (χ0n) is 13.4. The first-order chi connectivity index (χ1) is 11.6. The van der Waals surface area contributed by atoms with Crippen molar-refractivity contribution in [3.63, 3.8) is 0 Å². The van der Waals surface area contributed by atoms with Gasteiger partial charge in [0.05, 0.1) is 5.56 Å². The fourth-order valence-corrected chi connectivity index (χ4v) is 3.13. The van der Waals surface area contributed by atoms with E-state index in [-0.39, 0.29) is 11.5 Å². The molecule has 0 atom stereocenters. The predicted octanol–water partition coefficient (Wildman–Crippen LogP) is 2.87. The lowest BCUT2D eigenvalue weighted by molar-refractivity contribution is 0.0679. The highest BCUT2D eigenvalue weighted by Gasteiger charge is 2.23. The third-order valence-electron chi connectivity index (χ3n) is 4.53. The number of aromatic nitrogens is 1. The minimum Gasteiger partial charge on any atom is -0.478 e. The van der Waals surface area contributed by atoms with Crippen LogP contribution in [0.5, 0.6) is 0 Å². The SMILES string of the molecule is O=C(O)c1ccc(C(=O)N2CCC(Cc3cccnc3)CC2)cc1. The number of nitrogens with zero attached hydrogens (tertiary/aromatic N) is 2. The van der Waals surface area contributed by atoms with Gasteiger partial charge in [0.1, 0.15) is 0 Å². The summed E-state index contributed by atoms with van der Waals surface area (Å²) in [5, 5.41) is 8.91. The van der Waals surface area contributed by atoms with E-state index in [4.69, 9.17) is 5.11 Å². The molecule has 1 amide bonds. The van der Waals surface area contributed by atoms with Crippen LogP contribution < -0.4 is 0 Å². The largest absolute Gasteiger partial charge is 0.478 e. The molecule has 5 heteroatoms. The fraction of sp³-hybridized carbons (Fsp3) is 0.316. The molecule has 1 aromatic carbocycles.